The van der Waals surface area contributed by atoms with Crippen molar-refractivity contribution in [2.75, 3.05) is 17.8 Å². The number of halogens is 20. The van der Waals surface area contributed by atoms with Gasteiger partial charge < -0.3 is 0 Å². The van der Waals surface area contributed by atoms with E-state index in [1.165, 1.54) is 12.3 Å². The Bertz CT molecular complexity index is 2540. The molecule has 0 N–H and O–H groups in total. The molecule has 336 valence electrons. The van der Waals surface area contributed by atoms with E-state index >= 15 is 35.1 Å². The molecule has 1 unspecified atom stereocenters. The standard InChI is InChI=1S/C24BF20.C14H13N2O2S/c26-5-1(6(27)14(35)21(42)13(5)34)25(2-7(28)15(36)22(43)16(37)8(2)29,3-9(30)17(38)23(44)18(39)10(3)31)4-11(32)19(40)24(45)20(41)12(4)33;1-19(18,8-7-12(9-15)10-16)11-14(17)13-5-3-2-4-6-13/h;2-7H,8,11H2,1H3/q-1;+1. The van der Waals surface area contributed by atoms with E-state index in [2.05, 4.69) is 0 Å². The lowest BCUT2D eigenvalue weighted by Gasteiger charge is -2.44. The van der Waals surface area contributed by atoms with Crippen molar-refractivity contribution in [3.8, 4) is 12.1 Å². The fraction of sp³-hybridized carbons (Fsp3) is 0.0789. The third-order valence-electron chi connectivity index (χ3n) is 9.12. The minimum atomic E-state index is -7.22. The number of allylic oxidation sites excluding steroid dienone is 1. The van der Waals surface area contributed by atoms with Gasteiger partial charge in [-0.1, -0.05) is 30.3 Å². The molecule has 0 radical (unpaired) electrons. The van der Waals surface area contributed by atoms with Gasteiger partial charge >= 0.3 is 0 Å². The Morgan fingerprint density at radius 1 is 0.469 bits per heavy atom. The highest BCUT2D eigenvalue weighted by Gasteiger charge is 2.52. The summed E-state index contributed by atoms with van der Waals surface area (Å²) < 4.78 is 306. The van der Waals surface area contributed by atoms with Crippen LogP contribution in [0.1, 0.15) is 10.4 Å². The monoisotopic (exact) mass is 952 g/mol. The lowest BCUT2D eigenvalue weighted by Crippen LogP contribution is -2.81. The SMILES string of the molecule is C[S+](=O)(CC=C(C#N)C#N)CC(=O)c1ccccc1.Fc1c(F)c(F)c([B-](c2c(F)c(F)c(F)c(F)c2F)(c2c(F)c(F)c(F)c(F)c2F)c2c(F)c(F)c(F)c(F)c2F)c(F)c1F. The minimum absolute atomic E-state index is 0.0576. The van der Waals surface area contributed by atoms with E-state index in [1.807, 2.05) is 0 Å². The smallest absolute Gasteiger partial charge is 0.211 e. The molecule has 0 aromatic heterocycles. The number of Topliss-reactive ketones (excluding diaryl/α,β-unsaturated/α-hetero) is 1. The van der Waals surface area contributed by atoms with E-state index in [9.17, 15) is 61.7 Å². The van der Waals surface area contributed by atoms with Gasteiger partial charge in [-0.2, -0.15) is 10.5 Å². The van der Waals surface area contributed by atoms with Crippen LogP contribution in [0.3, 0.4) is 0 Å². The van der Waals surface area contributed by atoms with Gasteiger partial charge in [0.2, 0.25) is 5.78 Å². The summed E-state index contributed by atoms with van der Waals surface area (Å²) in [6.07, 6.45) is -4.41. The number of hydrogen-bond donors (Lipinski definition) is 0. The van der Waals surface area contributed by atoms with Crippen molar-refractivity contribution in [2.24, 2.45) is 0 Å². The molecule has 5 rings (SSSR count). The molecular formula is C38H13BF20N2O2S. The maximum Gasteiger partial charge on any atom is 0.211 e. The highest BCUT2D eigenvalue weighted by atomic mass is 32.2. The van der Waals surface area contributed by atoms with Gasteiger partial charge in [-0.3, -0.25) is 4.79 Å². The van der Waals surface area contributed by atoms with Crippen LogP contribution in [0.2, 0.25) is 0 Å². The second-order valence-corrected chi connectivity index (χ2v) is 15.9. The number of hydrogen-bond acceptors (Lipinski definition) is 4. The molecule has 0 amide bonds. The molecule has 0 aliphatic rings. The second-order valence-electron chi connectivity index (χ2n) is 12.9. The van der Waals surface area contributed by atoms with Crippen LogP contribution >= 0.6 is 0 Å². The van der Waals surface area contributed by atoms with Crippen molar-refractivity contribution in [1.29, 1.82) is 10.5 Å². The number of nitrogens with zero attached hydrogens (tertiary/aromatic N) is 2. The Balaban J connectivity index is 0.000000395. The molecule has 0 spiro atoms. The fourth-order valence-corrected chi connectivity index (χ4v) is 7.65. The highest BCUT2D eigenvalue weighted by Crippen LogP contribution is 2.31. The normalized spacial score (nSPS) is 12.2. The van der Waals surface area contributed by atoms with Gasteiger partial charge in [-0.25, -0.2) is 87.8 Å². The lowest BCUT2D eigenvalue weighted by molar-refractivity contribution is 0.102. The predicted octanol–water partition coefficient (Wildman–Crippen LogP) is 7.82. The first-order valence-electron chi connectivity index (χ1n) is 16.4. The highest BCUT2D eigenvalue weighted by molar-refractivity contribution is 8.03. The van der Waals surface area contributed by atoms with Crippen LogP contribution < -0.4 is 21.9 Å². The molecule has 26 heteroatoms. The summed E-state index contributed by atoms with van der Waals surface area (Å²) in [5.41, 5.74) is -13.9. The molecule has 1 atom stereocenters. The third-order valence-corrected chi connectivity index (χ3v) is 10.9. The van der Waals surface area contributed by atoms with Gasteiger partial charge in [0, 0.05) is 5.56 Å². The molecule has 0 saturated heterocycles. The van der Waals surface area contributed by atoms with E-state index in [-0.39, 0.29) is 22.9 Å². The first kappa shape index (κ1) is 50.0. The largest absolute Gasteiger partial charge is 0.289 e. The van der Waals surface area contributed by atoms with Crippen LogP contribution in [0.25, 0.3) is 0 Å². The minimum Gasteiger partial charge on any atom is -0.289 e. The molecule has 0 saturated carbocycles. The summed E-state index contributed by atoms with van der Waals surface area (Å²) in [6.45, 7) is 0. The van der Waals surface area contributed by atoms with Gasteiger partial charge in [-0.05, 0) is 6.08 Å². The van der Waals surface area contributed by atoms with Gasteiger partial charge in [0.15, 0.2) is 75.6 Å². The summed E-state index contributed by atoms with van der Waals surface area (Å²) >= 11 is 0. The molecule has 0 heterocycles. The third kappa shape index (κ3) is 8.29. The van der Waals surface area contributed by atoms with E-state index in [0.717, 1.165) is 0 Å². The molecule has 5 aromatic rings. The zero-order valence-electron chi connectivity index (χ0n) is 30.6. The zero-order valence-corrected chi connectivity index (χ0v) is 31.5. The average Bonchev–Trinajstić information content (AvgIpc) is 3.26. The van der Waals surface area contributed by atoms with E-state index in [4.69, 9.17) is 10.5 Å². The number of carbonyl (C=O) groups is 1. The quantitative estimate of drug-likeness (QED) is 0.0287. The predicted molar refractivity (Wildman–Crippen MR) is 183 cm³/mol. The van der Waals surface area contributed by atoms with E-state index < -0.39 is 154 Å². The number of carbonyl (C=O) groups excluding carboxylic acids is 1. The maximum absolute atomic E-state index is 15.4. The molecule has 0 aliphatic heterocycles. The zero-order chi connectivity index (χ0) is 48.7. The molecule has 5 aromatic carbocycles. The Kier molecular flexibility index (Phi) is 14.5. The van der Waals surface area contributed by atoms with Crippen molar-refractivity contribution in [3.63, 3.8) is 0 Å². The van der Waals surface area contributed by atoms with Crippen LogP contribution in [-0.2, 0) is 14.1 Å². The van der Waals surface area contributed by atoms with Crippen LogP contribution in [0.15, 0.2) is 42.0 Å². The lowest BCUT2D eigenvalue weighted by atomic mass is 9.12. The molecule has 0 aliphatic carbocycles. The van der Waals surface area contributed by atoms with Crippen molar-refractivity contribution < 1.29 is 96.8 Å². The Morgan fingerprint density at radius 2 is 0.703 bits per heavy atom. The van der Waals surface area contributed by atoms with Crippen molar-refractivity contribution in [3.05, 3.63) is 164 Å². The van der Waals surface area contributed by atoms with E-state index in [0.29, 0.717) is 5.56 Å². The van der Waals surface area contributed by atoms with Gasteiger partial charge in [0.25, 0.3) is 0 Å². The number of benzene rings is 5. The molecular weight excluding hydrogens is 939 g/mol. The van der Waals surface area contributed by atoms with Crippen molar-refractivity contribution in [1.82, 2.24) is 0 Å². The van der Waals surface area contributed by atoms with Crippen molar-refractivity contribution >= 4 is 43.7 Å². The topological polar surface area (TPSA) is 81.7 Å². The van der Waals surface area contributed by atoms with Crippen LogP contribution in [0.4, 0.5) is 87.8 Å². The van der Waals surface area contributed by atoms with Gasteiger partial charge in [0.05, 0.1) is 9.93 Å². The Labute approximate surface area is 344 Å². The molecule has 0 fully saturated rings. The summed E-state index contributed by atoms with van der Waals surface area (Å²) in [7, 11) is -2.42. The summed E-state index contributed by atoms with van der Waals surface area (Å²) in [5.74, 6) is -71.6. The van der Waals surface area contributed by atoms with Crippen molar-refractivity contribution in [2.45, 2.75) is 0 Å². The average molecular weight is 952 g/mol. The van der Waals surface area contributed by atoms with Gasteiger partial charge in [0.1, 0.15) is 82.4 Å². The number of rotatable bonds is 9. The van der Waals surface area contributed by atoms with E-state index in [1.54, 1.807) is 42.5 Å². The first-order valence-corrected chi connectivity index (χ1v) is 18.8. The summed E-state index contributed by atoms with van der Waals surface area (Å²) in [5, 5.41) is 17.2. The molecule has 4 nitrogen and oxygen atoms in total. The van der Waals surface area contributed by atoms with Gasteiger partial charge in [-0.15, -0.1) is 26.1 Å². The number of ketones is 1. The van der Waals surface area contributed by atoms with Crippen LogP contribution in [0.5, 0.6) is 0 Å². The Hall–Kier alpha value is -6.70. The first-order chi connectivity index (χ1) is 29.7. The van der Waals surface area contributed by atoms with Crippen LogP contribution in [0, 0.1) is 139 Å². The number of nitriles is 2. The Morgan fingerprint density at radius 3 is 0.938 bits per heavy atom. The van der Waals surface area contributed by atoms with Crippen LogP contribution in [-0.4, -0.2) is 29.7 Å². The molecule has 64 heavy (non-hydrogen) atoms. The fourth-order valence-electron chi connectivity index (χ4n) is 6.29. The maximum atomic E-state index is 15.4. The summed E-state index contributed by atoms with van der Waals surface area (Å²) in [4.78, 5) is 11.9. The second kappa shape index (κ2) is 18.6. The summed E-state index contributed by atoms with van der Waals surface area (Å²) in [6, 6.07) is 12.0. The molecule has 0 bridgehead atoms.